The lowest BCUT2D eigenvalue weighted by Crippen LogP contribution is -2.51. The highest BCUT2D eigenvalue weighted by Gasteiger charge is 2.34. The van der Waals surface area contributed by atoms with Gasteiger partial charge in [0.25, 0.3) is 5.91 Å². The summed E-state index contributed by atoms with van der Waals surface area (Å²) in [6.45, 7) is 1.94. The molecule has 4 aromatic carbocycles. The van der Waals surface area contributed by atoms with Crippen LogP contribution in [0.25, 0.3) is 22.3 Å². The first-order chi connectivity index (χ1) is 20.7. The molecule has 4 aromatic rings. The first kappa shape index (κ1) is 32.8. The maximum absolute atomic E-state index is 14.0. The number of halogens is 4. The SMILES string of the molecule is COC(=O)[C@H](Cc1ccc(-c2ccccc2)cc1)N(CN1CCCC1)C(=O)c1ccc(-c2ccc(C(F)(F)F)cc2)cc1.Cl. The normalized spacial score (nSPS) is 14.0. The Morgan fingerprint density at radius 1 is 0.773 bits per heavy atom. The molecule has 0 aromatic heterocycles. The van der Waals surface area contributed by atoms with Gasteiger partial charge >= 0.3 is 12.1 Å². The van der Waals surface area contributed by atoms with Crippen molar-refractivity contribution in [2.45, 2.75) is 31.5 Å². The minimum absolute atomic E-state index is 0. The summed E-state index contributed by atoms with van der Waals surface area (Å²) < 4.78 is 44.1. The van der Waals surface area contributed by atoms with Crippen molar-refractivity contribution in [3.63, 3.8) is 0 Å². The maximum atomic E-state index is 14.0. The van der Waals surface area contributed by atoms with E-state index in [1.165, 1.54) is 19.2 Å². The Morgan fingerprint density at radius 2 is 1.27 bits per heavy atom. The zero-order chi connectivity index (χ0) is 30.4. The fourth-order valence-corrected chi connectivity index (χ4v) is 5.41. The van der Waals surface area contributed by atoms with Crippen molar-refractivity contribution in [2.24, 2.45) is 0 Å². The van der Waals surface area contributed by atoms with Crippen LogP contribution in [0.5, 0.6) is 0 Å². The van der Waals surface area contributed by atoms with Gasteiger partial charge in [0.1, 0.15) is 6.04 Å². The fraction of sp³-hybridized carbons (Fsp3) is 0.257. The number of methoxy groups -OCH3 is 1. The molecule has 44 heavy (non-hydrogen) atoms. The van der Waals surface area contributed by atoms with Gasteiger partial charge in [0, 0.05) is 12.0 Å². The Kier molecular flexibility index (Phi) is 10.8. The van der Waals surface area contributed by atoms with E-state index in [0.717, 1.165) is 54.8 Å². The third-order valence-electron chi connectivity index (χ3n) is 7.83. The molecule has 0 saturated carbocycles. The number of ether oxygens (including phenoxy) is 1. The number of hydrogen-bond donors (Lipinski definition) is 0. The standard InChI is InChI=1S/C35H33F3N2O3.ClH/c1-43-34(42)32(23-25-9-11-27(12-10-25)26-7-3-2-4-8-26)40(24-39-21-5-6-22-39)33(41)30-15-13-28(14-16-30)29-17-19-31(20-18-29)35(36,37)38;/h2-4,7-20,32H,5-6,21-24H2,1H3;1H/t32-;/m0./s1. The number of benzene rings is 4. The van der Waals surface area contributed by atoms with E-state index in [-0.39, 0.29) is 31.4 Å². The molecule has 1 saturated heterocycles. The van der Waals surface area contributed by atoms with Gasteiger partial charge in [0.15, 0.2) is 0 Å². The van der Waals surface area contributed by atoms with Crippen LogP contribution in [-0.4, -0.2) is 54.6 Å². The van der Waals surface area contributed by atoms with Crippen LogP contribution < -0.4 is 0 Å². The summed E-state index contributed by atoms with van der Waals surface area (Å²) in [6, 6.07) is 28.7. The van der Waals surface area contributed by atoms with E-state index in [9.17, 15) is 22.8 Å². The van der Waals surface area contributed by atoms with E-state index in [1.54, 1.807) is 29.2 Å². The molecule has 1 heterocycles. The Balaban J connectivity index is 0.00000442. The van der Waals surface area contributed by atoms with Crippen molar-refractivity contribution >= 4 is 24.3 Å². The van der Waals surface area contributed by atoms with Gasteiger partial charge in [-0.2, -0.15) is 13.2 Å². The highest BCUT2D eigenvalue weighted by Crippen LogP contribution is 2.31. The highest BCUT2D eigenvalue weighted by atomic mass is 35.5. The molecule has 1 atom stereocenters. The molecule has 5 nitrogen and oxygen atoms in total. The summed E-state index contributed by atoms with van der Waals surface area (Å²) in [5.74, 6) is -0.816. The van der Waals surface area contributed by atoms with Gasteiger partial charge in [-0.3, -0.25) is 9.69 Å². The topological polar surface area (TPSA) is 49.9 Å². The predicted octanol–water partition coefficient (Wildman–Crippen LogP) is 7.74. The number of carbonyl (C=O) groups is 2. The van der Waals surface area contributed by atoms with E-state index in [4.69, 9.17) is 4.74 Å². The summed E-state index contributed by atoms with van der Waals surface area (Å²) >= 11 is 0. The molecular weight excluding hydrogens is 589 g/mol. The van der Waals surface area contributed by atoms with Crippen LogP contribution in [0.1, 0.15) is 34.3 Å². The fourth-order valence-electron chi connectivity index (χ4n) is 5.41. The third-order valence-corrected chi connectivity index (χ3v) is 7.83. The molecule has 1 aliphatic rings. The molecule has 1 amide bonds. The number of hydrogen-bond acceptors (Lipinski definition) is 4. The van der Waals surface area contributed by atoms with Gasteiger partial charge in [0.05, 0.1) is 19.3 Å². The molecule has 0 spiro atoms. The molecule has 9 heteroatoms. The average Bonchev–Trinajstić information content (AvgIpc) is 3.56. The van der Waals surface area contributed by atoms with Gasteiger partial charge in [-0.15, -0.1) is 12.4 Å². The van der Waals surface area contributed by atoms with Crippen LogP contribution in [0.3, 0.4) is 0 Å². The van der Waals surface area contributed by atoms with Gasteiger partial charge in [-0.05, 0) is 78.0 Å². The zero-order valence-corrected chi connectivity index (χ0v) is 25.1. The van der Waals surface area contributed by atoms with Crippen LogP contribution in [0.4, 0.5) is 13.2 Å². The Labute approximate surface area is 261 Å². The maximum Gasteiger partial charge on any atom is 0.416 e. The Hall–Kier alpha value is -4.14. The minimum Gasteiger partial charge on any atom is -0.467 e. The zero-order valence-electron chi connectivity index (χ0n) is 24.3. The molecule has 5 rings (SSSR count). The summed E-state index contributed by atoms with van der Waals surface area (Å²) in [6.07, 6.45) is -2.08. The molecule has 0 N–H and O–H groups in total. The molecule has 0 unspecified atom stereocenters. The van der Waals surface area contributed by atoms with Crippen LogP contribution in [0, 0.1) is 0 Å². The first-order valence-corrected chi connectivity index (χ1v) is 14.3. The number of alkyl halides is 3. The Bertz CT molecular complexity index is 1520. The van der Waals surface area contributed by atoms with E-state index in [1.807, 2.05) is 54.6 Å². The van der Waals surface area contributed by atoms with Crippen molar-refractivity contribution in [1.82, 2.24) is 9.80 Å². The van der Waals surface area contributed by atoms with Crippen LogP contribution in [-0.2, 0) is 22.1 Å². The molecule has 0 aliphatic carbocycles. The first-order valence-electron chi connectivity index (χ1n) is 14.3. The monoisotopic (exact) mass is 622 g/mol. The number of nitrogens with zero attached hydrogens (tertiary/aromatic N) is 2. The number of rotatable bonds is 9. The molecule has 1 aliphatic heterocycles. The van der Waals surface area contributed by atoms with Crippen molar-refractivity contribution in [3.8, 4) is 22.3 Å². The second-order valence-electron chi connectivity index (χ2n) is 10.7. The van der Waals surface area contributed by atoms with Crippen LogP contribution in [0.2, 0.25) is 0 Å². The molecule has 230 valence electrons. The lowest BCUT2D eigenvalue weighted by molar-refractivity contribution is -0.146. The molecule has 1 fully saturated rings. The molecule has 0 radical (unpaired) electrons. The average molecular weight is 623 g/mol. The lowest BCUT2D eigenvalue weighted by atomic mass is 9.99. The second-order valence-corrected chi connectivity index (χ2v) is 10.7. The number of carbonyl (C=O) groups excluding carboxylic acids is 2. The second kappa shape index (κ2) is 14.6. The quantitative estimate of drug-likeness (QED) is 0.179. The van der Waals surface area contributed by atoms with Crippen molar-refractivity contribution < 1.29 is 27.5 Å². The van der Waals surface area contributed by atoms with Gasteiger partial charge < -0.3 is 9.64 Å². The van der Waals surface area contributed by atoms with E-state index < -0.39 is 23.8 Å². The largest absolute Gasteiger partial charge is 0.467 e. The Morgan fingerprint density at radius 3 is 1.80 bits per heavy atom. The van der Waals surface area contributed by atoms with Crippen molar-refractivity contribution in [2.75, 3.05) is 26.9 Å². The lowest BCUT2D eigenvalue weighted by Gasteiger charge is -2.33. The third kappa shape index (κ3) is 7.87. The summed E-state index contributed by atoms with van der Waals surface area (Å²) in [7, 11) is 1.32. The van der Waals surface area contributed by atoms with Crippen molar-refractivity contribution in [3.05, 3.63) is 120 Å². The van der Waals surface area contributed by atoms with Gasteiger partial charge in [0.2, 0.25) is 0 Å². The van der Waals surface area contributed by atoms with Crippen molar-refractivity contribution in [1.29, 1.82) is 0 Å². The van der Waals surface area contributed by atoms with Crippen LogP contribution in [0.15, 0.2) is 103 Å². The number of amides is 1. The summed E-state index contributed by atoms with van der Waals surface area (Å²) in [5.41, 5.74) is 3.98. The highest BCUT2D eigenvalue weighted by molar-refractivity contribution is 5.97. The summed E-state index contributed by atoms with van der Waals surface area (Å²) in [4.78, 5) is 30.9. The van der Waals surface area contributed by atoms with Crippen LogP contribution >= 0.6 is 12.4 Å². The van der Waals surface area contributed by atoms with E-state index in [2.05, 4.69) is 4.90 Å². The van der Waals surface area contributed by atoms with Gasteiger partial charge in [-0.25, -0.2) is 4.79 Å². The van der Waals surface area contributed by atoms with Gasteiger partial charge in [-0.1, -0.05) is 78.9 Å². The number of likely N-dealkylation sites (tertiary alicyclic amines) is 1. The molecule has 0 bridgehead atoms. The smallest absolute Gasteiger partial charge is 0.416 e. The predicted molar refractivity (Wildman–Crippen MR) is 167 cm³/mol. The van der Waals surface area contributed by atoms with E-state index >= 15 is 0 Å². The summed E-state index contributed by atoms with van der Waals surface area (Å²) in [5, 5.41) is 0. The van der Waals surface area contributed by atoms with E-state index in [0.29, 0.717) is 16.7 Å². The molecular formula is C35H34ClF3N2O3. The number of esters is 1. The minimum atomic E-state index is -4.41.